The molecule has 0 saturated heterocycles. The van der Waals surface area contributed by atoms with Crippen LogP contribution in [0.25, 0.3) is 11.4 Å². The van der Waals surface area contributed by atoms with Crippen molar-refractivity contribution in [2.45, 2.75) is 6.42 Å². The minimum absolute atomic E-state index is 0.485. The standard InChI is InChI=1S/C12H12ClN3/c13-11-10(6-7-14)8-15-12(16-11)9-4-2-1-3-5-9/h1-5,8H,6-7,14H2. The zero-order valence-corrected chi connectivity index (χ0v) is 9.48. The molecule has 0 saturated carbocycles. The largest absolute Gasteiger partial charge is 0.330 e. The molecule has 1 heterocycles. The van der Waals surface area contributed by atoms with Crippen molar-refractivity contribution < 1.29 is 0 Å². The molecule has 0 bridgehead atoms. The Morgan fingerprint density at radius 2 is 1.94 bits per heavy atom. The Morgan fingerprint density at radius 3 is 2.56 bits per heavy atom. The first-order chi connectivity index (χ1) is 7.81. The molecule has 2 N–H and O–H groups in total. The van der Waals surface area contributed by atoms with Gasteiger partial charge in [-0.25, -0.2) is 9.97 Å². The van der Waals surface area contributed by atoms with Crippen LogP contribution in [0.15, 0.2) is 36.5 Å². The number of benzene rings is 1. The van der Waals surface area contributed by atoms with Gasteiger partial charge < -0.3 is 5.73 Å². The lowest BCUT2D eigenvalue weighted by atomic mass is 10.2. The molecular formula is C12H12ClN3. The predicted molar refractivity (Wildman–Crippen MR) is 65.2 cm³/mol. The number of rotatable bonds is 3. The van der Waals surface area contributed by atoms with E-state index in [9.17, 15) is 0 Å². The maximum absolute atomic E-state index is 6.05. The Hall–Kier alpha value is -1.45. The van der Waals surface area contributed by atoms with E-state index in [0.717, 1.165) is 11.1 Å². The smallest absolute Gasteiger partial charge is 0.160 e. The van der Waals surface area contributed by atoms with Gasteiger partial charge in [0.2, 0.25) is 0 Å². The van der Waals surface area contributed by atoms with Crippen LogP contribution >= 0.6 is 11.6 Å². The topological polar surface area (TPSA) is 51.8 Å². The summed E-state index contributed by atoms with van der Waals surface area (Å²) >= 11 is 6.05. The van der Waals surface area contributed by atoms with E-state index in [1.54, 1.807) is 6.20 Å². The SMILES string of the molecule is NCCc1cnc(-c2ccccc2)nc1Cl. The minimum Gasteiger partial charge on any atom is -0.330 e. The van der Waals surface area contributed by atoms with Crippen molar-refractivity contribution in [3.05, 3.63) is 47.2 Å². The van der Waals surface area contributed by atoms with Crippen LogP contribution in [0, 0.1) is 0 Å². The van der Waals surface area contributed by atoms with Gasteiger partial charge in [0.15, 0.2) is 5.82 Å². The molecule has 4 heteroatoms. The molecule has 16 heavy (non-hydrogen) atoms. The van der Waals surface area contributed by atoms with E-state index in [1.807, 2.05) is 30.3 Å². The highest BCUT2D eigenvalue weighted by atomic mass is 35.5. The van der Waals surface area contributed by atoms with E-state index in [2.05, 4.69) is 9.97 Å². The van der Waals surface area contributed by atoms with E-state index < -0.39 is 0 Å². The van der Waals surface area contributed by atoms with E-state index in [4.69, 9.17) is 17.3 Å². The van der Waals surface area contributed by atoms with Gasteiger partial charge in [0.25, 0.3) is 0 Å². The minimum atomic E-state index is 0.485. The molecule has 0 amide bonds. The fraction of sp³-hybridized carbons (Fsp3) is 0.167. The van der Waals surface area contributed by atoms with Crippen molar-refractivity contribution in [3.8, 4) is 11.4 Å². The summed E-state index contributed by atoms with van der Waals surface area (Å²) in [5.74, 6) is 0.645. The van der Waals surface area contributed by atoms with Crippen LogP contribution in [-0.2, 0) is 6.42 Å². The Labute approximate surface area is 99.3 Å². The average molecular weight is 234 g/mol. The summed E-state index contributed by atoms with van der Waals surface area (Å²) in [6.07, 6.45) is 2.44. The highest BCUT2D eigenvalue weighted by Crippen LogP contribution is 2.19. The second-order valence-corrected chi connectivity index (χ2v) is 3.77. The molecule has 0 radical (unpaired) electrons. The number of nitrogens with zero attached hydrogens (tertiary/aromatic N) is 2. The number of halogens is 1. The van der Waals surface area contributed by atoms with Gasteiger partial charge in [-0.05, 0) is 13.0 Å². The van der Waals surface area contributed by atoms with Gasteiger partial charge in [0, 0.05) is 17.3 Å². The molecule has 0 fully saturated rings. The maximum Gasteiger partial charge on any atom is 0.160 e. The van der Waals surface area contributed by atoms with Gasteiger partial charge in [-0.1, -0.05) is 41.9 Å². The zero-order chi connectivity index (χ0) is 11.4. The van der Waals surface area contributed by atoms with Crippen LogP contribution < -0.4 is 5.73 Å². The molecule has 0 atom stereocenters. The van der Waals surface area contributed by atoms with Crippen molar-refractivity contribution in [2.75, 3.05) is 6.54 Å². The Balaban J connectivity index is 2.35. The second kappa shape index (κ2) is 5.05. The lowest BCUT2D eigenvalue weighted by molar-refractivity contribution is 0.943. The first-order valence-electron chi connectivity index (χ1n) is 5.08. The quantitative estimate of drug-likeness (QED) is 0.828. The van der Waals surface area contributed by atoms with E-state index in [0.29, 0.717) is 23.9 Å². The predicted octanol–water partition coefficient (Wildman–Crippen LogP) is 2.30. The molecule has 0 unspecified atom stereocenters. The van der Waals surface area contributed by atoms with Crippen molar-refractivity contribution >= 4 is 11.6 Å². The summed E-state index contributed by atoms with van der Waals surface area (Å²) in [5.41, 5.74) is 7.32. The normalized spacial score (nSPS) is 10.4. The molecule has 2 rings (SSSR count). The second-order valence-electron chi connectivity index (χ2n) is 3.41. The third kappa shape index (κ3) is 2.38. The first kappa shape index (κ1) is 11.0. The van der Waals surface area contributed by atoms with E-state index in [1.165, 1.54) is 0 Å². The third-order valence-electron chi connectivity index (χ3n) is 2.26. The summed E-state index contributed by atoms with van der Waals surface area (Å²) in [5, 5.41) is 0.485. The molecule has 0 aliphatic rings. The van der Waals surface area contributed by atoms with Gasteiger partial charge in [-0.2, -0.15) is 0 Å². The number of hydrogen-bond donors (Lipinski definition) is 1. The van der Waals surface area contributed by atoms with Crippen LogP contribution in [-0.4, -0.2) is 16.5 Å². The third-order valence-corrected chi connectivity index (χ3v) is 2.58. The van der Waals surface area contributed by atoms with Crippen LogP contribution in [0.3, 0.4) is 0 Å². The molecule has 1 aromatic carbocycles. The van der Waals surface area contributed by atoms with Crippen LogP contribution in [0.1, 0.15) is 5.56 Å². The lowest BCUT2D eigenvalue weighted by Gasteiger charge is -2.04. The highest BCUT2D eigenvalue weighted by molar-refractivity contribution is 6.30. The lowest BCUT2D eigenvalue weighted by Crippen LogP contribution is -2.05. The van der Waals surface area contributed by atoms with Gasteiger partial charge >= 0.3 is 0 Å². The molecule has 0 aliphatic heterocycles. The maximum atomic E-state index is 6.05. The first-order valence-corrected chi connectivity index (χ1v) is 5.46. The molecule has 82 valence electrons. The van der Waals surface area contributed by atoms with E-state index >= 15 is 0 Å². The summed E-state index contributed by atoms with van der Waals surface area (Å²) in [6.45, 7) is 0.549. The fourth-order valence-electron chi connectivity index (χ4n) is 1.44. The van der Waals surface area contributed by atoms with Gasteiger partial charge in [-0.15, -0.1) is 0 Å². The van der Waals surface area contributed by atoms with Crippen molar-refractivity contribution in [2.24, 2.45) is 5.73 Å². The van der Waals surface area contributed by atoms with Crippen molar-refractivity contribution in [1.82, 2.24) is 9.97 Å². The monoisotopic (exact) mass is 233 g/mol. The molecule has 0 spiro atoms. The molecule has 1 aromatic heterocycles. The van der Waals surface area contributed by atoms with Gasteiger partial charge in [-0.3, -0.25) is 0 Å². The molecule has 2 aromatic rings. The molecular weight excluding hydrogens is 222 g/mol. The highest BCUT2D eigenvalue weighted by Gasteiger charge is 2.05. The summed E-state index contributed by atoms with van der Waals surface area (Å²) in [6, 6.07) is 9.75. The van der Waals surface area contributed by atoms with Crippen LogP contribution in [0.2, 0.25) is 5.15 Å². The van der Waals surface area contributed by atoms with Crippen LogP contribution in [0.5, 0.6) is 0 Å². The number of hydrogen-bond acceptors (Lipinski definition) is 3. The summed E-state index contributed by atoms with van der Waals surface area (Å²) in [4.78, 5) is 8.54. The molecule has 0 aliphatic carbocycles. The summed E-state index contributed by atoms with van der Waals surface area (Å²) < 4.78 is 0. The van der Waals surface area contributed by atoms with E-state index in [-0.39, 0.29) is 0 Å². The van der Waals surface area contributed by atoms with Gasteiger partial charge in [0.05, 0.1) is 0 Å². The van der Waals surface area contributed by atoms with Crippen LogP contribution in [0.4, 0.5) is 0 Å². The average Bonchev–Trinajstić information content (AvgIpc) is 2.33. The van der Waals surface area contributed by atoms with Gasteiger partial charge in [0.1, 0.15) is 5.15 Å². The Bertz CT molecular complexity index is 471. The number of aromatic nitrogens is 2. The number of nitrogens with two attached hydrogens (primary N) is 1. The van der Waals surface area contributed by atoms with Crippen molar-refractivity contribution in [1.29, 1.82) is 0 Å². The Morgan fingerprint density at radius 1 is 1.19 bits per heavy atom. The van der Waals surface area contributed by atoms with Crippen molar-refractivity contribution in [3.63, 3.8) is 0 Å². The Kier molecular flexibility index (Phi) is 3.49. The molecule has 3 nitrogen and oxygen atoms in total. The fourth-order valence-corrected chi connectivity index (χ4v) is 1.66. The zero-order valence-electron chi connectivity index (χ0n) is 8.73. The summed E-state index contributed by atoms with van der Waals surface area (Å²) in [7, 11) is 0.